The van der Waals surface area contributed by atoms with Gasteiger partial charge in [-0.1, -0.05) is 6.58 Å². The van der Waals surface area contributed by atoms with E-state index in [0.29, 0.717) is 22.7 Å². The summed E-state index contributed by atoms with van der Waals surface area (Å²) in [6, 6.07) is 4.47. The van der Waals surface area contributed by atoms with Crippen LogP contribution in [-0.2, 0) is 6.18 Å². The molecule has 0 bridgehead atoms. The summed E-state index contributed by atoms with van der Waals surface area (Å²) in [6.45, 7) is 8.94. The summed E-state index contributed by atoms with van der Waals surface area (Å²) in [4.78, 5) is 7.93. The predicted octanol–water partition coefficient (Wildman–Crippen LogP) is 5.32. The number of allylic oxidation sites excluding steroid dienone is 1. The largest absolute Gasteiger partial charge is 0.449 e. The number of hydrogen-bond acceptors (Lipinski definition) is 3. The summed E-state index contributed by atoms with van der Waals surface area (Å²) in [5.41, 5.74) is 1.96. The van der Waals surface area contributed by atoms with Crippen molar-refractivity contribution in [1.82, 2.24) is 14.5 Å². The fourth-order valence-corrected chi connectivity index (χ4v) is 2.56. The molecule has 0 aliphatic rings. The lowest BCUT2D eigenvalue weighted by Crippen LogP contribution is -2.16. The molecule has 2 aromatic heterocycles. The number of oxazole rings is 1. The van der Waals surface area contributed by atoms with Crippen LogP contribution in [0.4, 0.5) is 13.2 Å². The molecule has 126 valence electrons. The minimum absolute atomic E-state index is 0.253. The van der Waals surface area contributed by atoms with Gasteiger partial charge in [-0.25, -0.2) is 9.97 Å². The Bertz CT molecular complexity index is 919. The van der Waals surface area contributed by atoms with Gasteiger partial charge >= 0.3 is 6.18 Å². The number of aromatic nitrogens is 3. The van der Waals surface area contributed by atoms with Crippen LogP contribution in [0.1, 0.15) is 38.4 Å². The second-order valence-electron chi connectivity index (χ2n) is 5.91. The van der Waals surface area contributed by atoms with Crippen LogP contribution in [0.3, 0.4) is 0 Å². The van der Waals surface area contributed by atoms with E-state index in [-0.39, 0.29) is 11.6 Å². The van der Waals surface area contributed by atoms with Gasteiger partial charge in [0.2, 0.25) is 11.7 Å². The van der Waals surface area contributed by atoms with Gasteiger partial charge in [-0.3, -0.25) is 0 Å². The molecule has 0 saturated carbocycles. The molecule has 3 aromatic rings. The number of benzene rings is 1. The van der Waals surface area contributed by atoms with Gasteiger partial charge in [0.1, 0.15) is 5.76 Å². The number of rotatable bonds is 3. The van der Waals surface area contributed by atoms with E-state index in [1.807, 2.05) is 0 Å². The minimum Gasteiger partial charge on any atom is -0.437 e. The number of nitrogens with zero attached hydrogens (tertiary/aromatic N) is 3. The van der Waals surface area contributed by atoms with Crippen molar-refractivity contribution in [3.63, 3.8) is 0 Å². The molecule has 0 saturated heterocycles. The molecule has 0 aliphatic carbocycles. The van der Waals surface area contributed by atoms with Crippen molar-refractivity contribution < 1.29 is 17.6 Å². The molecule has 0 radical (unpaired) electrons. The van der Waals surface area contributed by atoms with Crippen molar-refractivity contribution in [2.75, 3.05) is 0 Å². The Morgan fingerprint density at radius 3 is 2.54 bits per heavy atom. The molecule has 0 amide bonds. The standard InChI is InChI=1S/C17H16F3N3O/c1-9(2)14-8-21-15(24-14)11-5-6-13-12(7-11)22-16(17(18,19)20)23(13)10(3)4/h5-8,10H,1H2,2-4H3. The van der Waals surface area contributed by atoms with E-state index in [0.717, 1.165) is 5.57 Å². The lowest BCUT2D eigenvalue weighted by atomic mass is 10.2. The summed E-state index contributed by atoms with van der Waals surface area (Å²) in [6.07, 6.45) is -2.98. The zero-order valence-corrected chi connectivity index (χ0v) is 13.5. The molecule has 0 N–H and O–H groups in total. The highest BCUT2D eigenvalue weighted by atomic mass is 19.4. The number of fused-ring (bicyclic) bond motifs is 1. The maximum Gasteiger partial charge on any atom is 0.449 e. The summed E-state index contributed by atoms with van der Waals surface area (Å²) in [5, 5.41) is 0. The van der Waals surface area contributed by atoms with Crippen LogP contribution in [0.25, 0.3) is 28.1 Å². The van der Waals surface area contributed by atoms with Crippen molar-refractivity contribution in [2.24, 2.45) is 0 Å². The van der Waals surface area contributed by atoms with Gasteiger partial charge in [-0.15, -0.1) is 0 Å². The van der Waals surface area contributed by atoms with Crippen LogP contribution in [0.2, 0.25) is 0 Å². The third-order valence-corrected chi connectivity index (χ3v) is 3.63. The zero-order valence-electron chi connectivity index (χ0n) is 13.5. The normalized spacial score (nSPS) is 12.3. The van der Waals surface area contributed by atoms with E-state index in [4.69, 9.17) is 4.42 Å². The van der Waals surface area contributed by atoms with E-state index < -0.39 is 12.0 Å². The van der Waals surface area contributed by atoms with Crippen molar-refractivity contribution in [1.29, 1.82) is 0 Å². The maximum atomic E-state index is 13.2. The van der Waals surface area contributed by atoms with Gasteiger partial charge in [0.25, 0.3) is 0 Å². The lowest BCUT2D eigenvalue weighted by molar-refractivity contribution is -0.147. The molecule has 24 heavy (non-hydrogen) atoms. The van der Waals surface area contributed by atoms with E-state index in [1.165, 1.54) is 10.8 Å². The van der Waals surface area contributed by atoms with Crippen molar-refractivity contribution in [3.05, 3.63) is 42.6 Å². The van der Waals surface area contributed by atoms with E-state index in [9.17, 15) is 13.2 Å². The van der Waals surface area contributed by atoms with Gasteiger partial charge in [-0.2, -0.15) is 13.2 Å². The Hall–Kier alpha value is -2.57. The summed E-state index contributed by atoms with van der Waals surface area (Å²) in [5.74, 6) is -0.0454. The molecular weight excluding hydrogens is 319 g/mol. The quantitative estimate of drug-likeness (QED) is 0.650. The highest BCUT2D eigenvalue weighted by molar-refractivity contribution is 5.81. The van der Waals surface area contributed by atoms with Crippen LogP contribution in [0.15, 0.2) is 35.4 Å². The second-order valence-corrected chi connectivity index (χ2v) is 5.91. The smallest absolute Gasteiger partial charge is 0.437 e. The Balaban J connectivity index is 2.16. The average Bonchev–Trinajstić information content (AvgIpc) is 3.10. The first-order chi connectivity index (χ1) is 11.2. The Morgan fingerprint density at radius 1 is 1.29 bits per heavy atom. The highest BCUT2D eigenvalue weighted by Gasteiger charge is 2.38. The van der Waals surface area contributed by atoms with Gasteiger partial charge in [0.15, 0.2) is 0 Å². The Labute approximate surface area is 136 Å². The van der Waals surface area contributed by atoms with Crippen LogP contribution in [0.5, 0.6) is 0 Å². The predicted molar refractivity (Wildman–Crippen MR) is 85.3 cm³/mol. The molecule has 3 rings (SSSR count). The fraction of sp³-hybridized carbons (Fsp3) is 0.294. The van der Waals surface area contributed by atoms with Gasteiger partial charge < -0.3 is 8.98 Å². The molecule has 0 spiro atoms. The van der Waals surface area contributed by atoms with Crippen molar-refractivity contribution in [2.45, 2.75) is 33.0 Å². The van der Waals surface area contributed by atoms with E-state index in [2.05, 4.69) is 16.5 Å². The van der Waals surface area contributed by atoms with Crippen LogP contribution in [0, 0.1) is 0 Å². The molecule has 2 heterocycles. The Kier molecular flexibility index (Phi) is 3.74. The average molecular weight is 335 g/mol. The Morgan fingerprint density at radius 2 is 2.00 bits per heavy atom. The second kappa shape index (κ2) is 5.51. The summed E-state index contributed by atoms with van der Waals surface area (Å²) >= 11 is 0. The number of halogens is 3. The first-order valence-corrected chi connectivity index (χ1v) is 7.39. The number of hydrogen-bond donors (Lipinski definition) is 0. The maximum absolute atomic E-state index is 13.2. The van der Waals surface area contributed by atoms with Gasteiger partial charge in [-0.05, 0) is 44.5 Å². The first-order valence-electron chi connectivity index (χ1n) is 7.39. The van der Waals surface area contributed by atoms with Crippen molar-refractivity contribution >= 4 is 16.6 Å². The molecule has 4 nitrogen and oxygen atoms in total. The van der Waals surface area contributed by atoms with Crippen LogP contribution in [-0.4, -0.2) is 14.5 Å². The molecule has 0 aliphatic heterocycles. The van der Waals surface area contributed by atoms with E-state index >= 15 is 0 Å². The molecule has 7 heteroatoms. The highest BCUT2D eigenvalue weighted by Crippen LogP contribution is 2.35. The minimum atomic E-state index is -4.51. The lowest BCUT2D eigenvalue weighted by Gasteiger charge is -2.14. The van der Waals surface area contributed by atoms with Crippen molar-refractivity contribution in [3.8, 4) is 11.5 Å². The third-order valence-electron chi connectivity index (χ3n) is 3.63. The zero-order chi connectivity index (χ0) is 17.6. The first kappa shape index (κ1) is 16.3. The SMILES string of the molecule is C=C(C)c1cnc(-c2ccc3c(c2)nc(C(F)(F)F)n3C(C)C)o1. The molecule has 0 fully saturated rings. The third kappa shape index (κ3) is 2.70. The fourth-order valence-electron chi connectivity index (χ4n) is 2.56. The van der Waals surface area contributed by atoms with Crippen LogP contribution < -0.4 is 0 Å². The van der Waals surface area contributed by atoms with Gasteiger partial charge in [0, 0.05) is 11.6 Å². The summed E-state index contributed by atoms with van der Waals surface area (Å²) < 4.78 is 46.5. The molecule has 0 atom stereocenters. The van der Waals surface area contributed by atoms with Crippen LogP contribution >= 0.6 is 0 Å². The van der Waals surface area contributed by atoms with Gasteiger partial charge in [0.05, 0.1) is 17.2 Å². The van der Waals surface area contributed by atoms with E-state index in [1.54, 1.807) is 39.0 Å². The number of alkyl halides is 3. The molecule has 1 aromatic carbocycles. The topological polar surface area (TPSA) is 43.9 Å². The summed E-state index contributed by atoms with van der Waals surface area (Å²) in [7, 11) is 0. The number of imidazole rings is 1. The molecule has 0 unspecified atom stereocenters. The molecular formula is C17H16F3N3O. The monoisotopic (exact) mass is 335 g/mol.